The maximum atomic E-state index is 13.1. The van der Waals surface area contributed by atoms with E-state index >= 15 is 0 Å². The Hall–Kier alpha value is -1.05. The lowest BCUT2D eigenvalue weighted by molar-refractivity contribution is 0.316. The van der Waals surface area contributed by atoms with Crippen LogP contribution in [0.2, 0.25) is 0 Å². The fourth-order valence-corrected chi connectivity index (χ4v) is 3.29. The van der Waals surface area contributed by atoms with Crippen LogP contribution in [0.5, 0.6) is 0 Å². The van der Waals surface area contributed by atoms with Crippen molar-refractivity contribution in [2.24, 2.45) is 5.92 Å². The minimum atomic E-state index is -0.129. The summed E-state index contributed by atoms with van der Waals surface area (Å²) in [6.07, 6.45) is 6.84. The summed E-state index contributed by atoms with van der Waals surface area (Å²) in [5, 5.41) is 3.35. The second kappa shape index (κ2) is 4.08. The summed E-state index contributed by atoms with van der Waals surface area (Å²) in [5.41, 5.74) is 2.36. The molecule has 0 amide bonds. The second-order valence-electron chi connectivity index (χ2n) is 5.12. The third-order valence-electron chi connectivity index (χ3n) is 4.15. The SMILES string of the molecule is Fc1ccc2c(c1)NCC2C1CCCCC1. The molecule has 1 nitrogen and oxygen atoms in total. The molecule has 1 aliphatic carbocycles. The Labute approximate surface area is 96.1 Å². The van der Waals surface area contributed by atoms with Crippen molar-refractivity contribution in [3.05, 3.63) is 29.6 Å². The summed E-state index contributed by atoms with van der Waals surface area (Å²) in [7, 11) is 0. The quantitative estimate of drug-likeness (QED) is 0.755. The Morgan fingerprint density at radius 3 is 2.75 bits per heavy atom. The molecule has 1 saturated carbocycles. The van der Waals surface area contributed by atoms with E-state index in [2.05, 4.69) is 5.32 Å². The molecule has 16 heavy (non-hydrogen) atoms. The van der Waals surface area contributed by atoms with Gasteiger partial charge in [0.15, 0.2) is 0 Å². The second-order valence-corrected chi connectivity index (χ2v) is 5.12. The molecule has 1 aromatic rings. The first-order valence-electron chi connectivity index (χ1n) is 6.38. The molecule has 0 aromatic heterocycles. The number of anilines is 1. The maximum absolute atomic E-state index is 13.1. The molecule has 2 aliphatic rings. The summed E-state index contributed by atoms with van der Waals surface area (Å²) in [6.45, 7) is 1.00. The Kier molecular flexibility index (Phi) is 2.58. The van der Waals surface area contributed by atoms with Gasteiger partial charge in [-0.2, -0.15) is 0 Å². The van der Waals surface area contributed by atoms with E-state index in [4.69, 9.17) is 0 Å². The van der Waals surface area contributed by atoms with E-state index in [1.165, 1.54) is 37.7 Å². The van der Waals surface area contributed by atoms with Gasteiger partial charge in [0.1, 0.15) is 5.82 Å². The van der Waals surface area contributed by atoms with E-state index in [1.807, 2.05) is 6.07 Å². The molecule has 1 atom stereocenters. The molecule has 1 aromatic carbocycles. The molecule has 3 rings (SSSR count). The van der Waals surface area contributed by atoms with Crippen LogP contribution in [0.4, 0.5) is 10.1 Å². The number of rotatable bonds is 1. The van der Waals surface area contributed by atoms with Crippen molar-refractivity contribution in [1.29, 1.82) is 0 Å². The molecular formula is C14H18FN. The third kappa shape index (κ3) is 1.70. The number of benzene rings is 1. The molecule has 0 bridgehead atoms. The highest BCUT2D eigenvalue weighted by molar-refractivity contribution is 5.58. The average molecular weight is 219 g/mol. The third-order valence-corrected chi connectivity index (χ3v) is 4.15. The van der Waals surface area contributed by atoms with Gasteiger partial charge in [-0.3, -0.25) is 0 Å². The van der Waals surface area contributed by atoms with E-state index < -0.39 is 0 Å². The first-order valence-corrected chi connectivity index (χ1v) is 6.38. The smallest absolute Gasteiger partial charge is 0.125 e. The van der Waals surface area contributed by atoms with Gasteiger partial charge in [-0.1, -0.05) is 25.3 Å². The van der Waals surface area contributed by atoms with Crippen LogP contribution in [-0.4, -0.2) is 6.54 Å². The fraction of sp³-hybridized carbons (Fsp3) is 0.571. The molecule has 0 saturated heterocycles. The Morgan fingerprint density at radius 2 is 1.94 bits per heavy atom. The number of hydrogen-bond donors (Lipinski definition) is 1. The Bertz CT molecular complexity index is 382. The van der Waals surface area contributed by atoms with Crippen LogP contribution in [0.15, 0.2) is 18.2 Å². The van der Waals surface area contributed by atoms with Gasteiger partial charge in [-0.25, -0.2) is 4.39 Å². The molecule has 1 unspecified atom stereocenters. The molecule has 1 aliphatic heterocycles. The van der Waals surface area contributed by atoms with Crippen molar-refractivity contribution in [2.75, 3.05) is 11.9 Å². The molecule has 2 heteroatoms. The summed E-state index contributed by atoms with van der Waals surface area (Å²) < 4.78 is 13.1. The zero-order chi connectivity index (χ0) is 11.0. The van der Waals surface area contributed by atoms with Crippen molar-refractivity contribution in [3.8, 4) is 0 Å². The van der Waals surface area contributed by atoms with E-state index in [1.54, 1.807) is 12.1 Å². The van der Waals surface area contributed by atoms with Gasteiger partial charge in [0, 0.05) is 18.2 Å². The Balaban J connectivity index is 1.84. The van der Waals surface area contributed by atoms with Gasteiger partial charge in [0.05, 0.1) is 0 Å². The van der Waals surface area contributed by atoms with Gasteiger partial charge in [-0.05, 0) is 36.5 Å². The highest BCUT2D eigenvalue weighted by Gasteiger charge is 2.30. The summed E-state index contributed by atoms with van der Waals surface area (Å²) >= 11 is 0. The van der Waals surface area contributed by atoms with Crippen LogP contribution in [0, 0.1) is 11.7 Å². The molecule has 0 radical (unpaired) electrons. The lowest BCUT2D eigenvalue weighted by Crippen LogP contribution is -2.17. The first-order chi connectivity index (χ1) is 7.84. The van der Waals surface area contributed by atoms with Crippen molar-refractivity contribution < 1.29 is 4.39 Å². The van der Waals surface area contributed by atoms with E-state index in [9.17, 15) is 4.39 Å². The van der Waals surface area contributed by atoms with Crippen LogP contribution in [0.25, 0.3) is 0 Å². The van der Waals surface area contributed by atoms with Crippen LogP contribution < -0.4 is 5.32 Å². The molecule has 1 N–H and O–H groups in total. The molecule has 1 heterocycles. The van der Waals surface area contributed by atoms with E-state index in [0.29, 0.717) is 5.92 Å². The summed E-state index contributed by atoms with van der Waals surface area (Å²) in [4.78, 5) is 0. The van der Waals surface area contributed by atoms with Gasteiger partial charge in [0.25, 0.3) is 0 Å². The zero-order valence-electron chi connectivity index (χ0n) is 9.51. The van der Waals surface area contributed by atoms with Crippen LogP contribution >= 0.6 is 0 Å². The monoisotopic (exact) mass is 219 g/mol. The highest BCUT2D eigenvalue weighted by atomic mass is 19.1. The van der Waals surface area contributed by atoms with Gasteiger partial charge in [-0.15, -0.1) is 0 Å². The first kappa shape index (κ1) is 10.1. The molecule has 1 fully saturated rings. The van der Waals surface area contributed by atoms with Gasteiger partial charge in [0.2, 0.25) is 0 Å². The summed E-state index contributed by atoms with van der Waals surface area (Å²) in [6, 6.07) is 5.21. The van der Waals surface area contributed by atoms with Crippen LogP contribution in [-0.2, 0) is 0 Å². The van der Waals surface area contributed by atoms with E-state index in [0.717, 1.165) is 18.2 Å². The number of hydrogen-bond acceptors (Lipinski definition) is 1. The van der Waals surface area contributed by atoms with Gasteiger partial charge >= 0.3 is 0 Å². The normalized spacial score (nSPS) is 25.2. The fourth-order valence-electron chi connectivity index (χ4n) is 3.29. The predicted octanol–water partition coefficient (Wildman–Crippen LogP) is 3.92. The lowest BCUT2D eigenvalue weighted by Gasteiger charge is -2.27. The number of halogens is 1. The minimum absolute atomic E-state index is 0.129. The largest absolute Gasteiger partial charge is 0.384 e. The zero-order valence-corrected chi connectivity index (χ0v) is 9.51. The molecule has 0 spiro atoms. The van der Waals surface area contributed by atoms with Crippen LogP contribution in [0.1, 0.15) is 43.6 Å². The van der Waals surface area contributed by atoms with Crippen molar-refractivity contribution in [3.63, 3.8) is 0 Å². The predicted molar refractivity (Wildman–Crippen MR) is 64.2 cm³/mol. The number of fused-ring (bicyclic) bond motifs is 1. The maximum Gasteiger partial charge on any atom is 0.125 e. The lowest BCUT2D eigenvalue weighted by atomic mass is 9.78. The molecular weight excluding hydrogens is 201 g/mol. The van der Waals surface area contributed by atoms with Crippen molar-refractivity contribution in [1.82, 2.24) is 0 Å². The molecule has 86 valence electrons. The van der Waals surface area contributed by atoms with Gasteiger partial charge < -0.3 is 5.32 Å². The average Bonchev–Trinajstić information content (AvgIpc) is 2.73. The number of nitrogens with one attached hydrogen (secondary N) is 1. The summed E-state index contributed by atoms with van der Waals surface area (Å²) in [5.74, 6) is 1.31. The van der Waals surface area contributed by atoms with Crippen molar-refractivity contribution >= 4 is 5.69 Å². The highest BCUT2D eigenvalue weighted by Crippen LogP contribution is 2.42. The topological polar surface area (TPSA) is 12.0 Å². The Morgan fingerprint density at radius 1 is 1.12 bits per heavy atom. The minimum Gasteiger partial charge on any atom is -0.384 e. The van der Waals surface area contributed by atoms with Crippen molar-refractivity contribution in [2.45, 2.75) is 38.0 Å². The van der Waals surface area contributed by atoms with E-state index in [-0.39, 0.29) is 5.82 Å². The van der Waals surface area contributed by atoms with Crippen LogP contribution in [0.3, 0.4) is 0 Å². The standard InChI is InChI=1S/C14H18FN/c15-11-6-7-12-13(9-16-14(12)8-11)10-4-2-1-3-5-10/h6-8,10,13,16H,1-5,9H2.